The number of hydrogen-bond acceptors (Lipinski definition) is 4. The van der Waals surface area contributed by atoms with Crippen LogP contribution in [0.4, 0.5) is 19.0 Å². The molecule has 2 aromatic heterocycles. The Balaban J connectivity index is 2.45. The second-order valence-corrected chi connectivity index (χ2v) is 6.06. The van der Waals surface area contributed by atoms with Gasteiger partial charge >= 0.3 is 0 Å². The predicted octanol–water partition coefficient (Wildman–Crippen LogP) is 4.10. The Labute approximate surface area is 147 Å². The first-order valence-electron chi connectivity index (χ1n) is 7.65. The van der Waals surface area contributed by atoms with Crippen LogP contribution in [0.3, 0.4) is 0 Å². The largest absolute Gasteiger partial charge is 0.354 e. The molecule has 0 atom stereocenters. The molecule has 0 radical (unpaired) electrons. The highest BCUT2D eigenvalue weighted by atomic mass is 35.5. The van der Waals surface area contributed by atoms with Crippen molar-refractivity contribution in [1.82, 2.24) is 19.6 Å². The second kappa shape index (κ2) is 6.51. The highest BCUT2D eigenvalue weighted by molar-refractivity contribution is 6.33. The highest BCUT2D eigenvalue weighted by Gasteiger charge is 2.27. The Morgan fingerprint density at radius 3 is 2.36 bits per heavy atom. The summed E-state index contributed by atoms with van der Waals surface area (Å²) in [7, 11) is 0. The van der Waals surface area contributed by atoms with E-state index in [-0.39, 0.29) is 22.5 Å². The molecule has 0 aliphatic heterocycles. The summed E-state index contributed by atoms with van der Waals surface area (Å²) in [5, 5.41) is 3.96. The summed E-state index contributed by atoms with van der Waals surface area (Å²) < 4.78 is 43.5. The van der Waals surface area contributed by atoms with Gasteiger partial charge in [0.05, 0.1) is 11.1 Å². The number of anilines is 1. The minimum absolute atomic E-state index is 0.00483. The molecule has 0 unspecified atom stereocenters. The van der Waals surface area contributed by atoms with Gasteiger partial charge in [0, 0.05) is 24.7 Å². The predicted molar refractivity (Wildman–Crippen MR) is 89.3 cm³/mol. The quantitative estimate of drug-likeness (QED) is 0.650. The lowest BCUT2D eigenvalue weighted by atomic mass is 10.1. The summed E-state index contributed by atoms with van der Waals surface area (Å²) in [5.41, 5.74) is -0.449. The first kappa shape index (κ1) is 17.5. The molecule has 132 valence electrons. The molecule has 9 heteroatoms. The minimum Gasteiger partial charge on any atom is -0.354 e. The summed E-state index contributed by atoms with van der Waals surface area (Å²) in [5.74, 6) is -2.61. The molecular formula is C16H15ClF3N5. The Morgan fingerprint density at radius 1 is 1.16 bits per heavy atom. The van der Waals surface area contributed by atoms with E-state index in [1.165, 1.54) is 10.8 Å². The van der Waals surface area contributed by atoms with Crippen LogP contribution >= 0.6 is 11.6 Å². The van der Waals surface area contributed by atoms with Gasteiger partial charge in [0.25, 0.3) is 5.78 Å². The van der Waals surface area contributed by atoms with Crippen LogP contribution in [0.15, 0.2) is 18.5 Å². The van der Waals surface area contributed by atoms with Crippen molar-refractivity contribution in [2.45, 2.75) is 26.8 Å². The number of benzene rings is 1. The number of nitrogens with zero attached hydrogens (tertiary/aromatic N) is 5. The van der Waals surface area contributed by atoms with E-state index >= 15 is 0 Å². The average molecular weight is 370 g/mol. The van der Waals surface area contributed by atoms with Crippen molar-refractivity contribution in [3.63, 3.8) is 0 Å². The lowest BCUT2D eigenvalue weighted by Gasteiger charge is -2.30. The van der Waals surface area contributed by atoms with E-state index in [0.29, 0.717) is 24.5 Å². The monoisotopic (exact) mass is 369 g/mol. The van der Waals surface area contributed by atoms with Crippen LogP contribution in [0.2, 0.25) is 5.15 Å². The Morgan fingerprint density at radius 2 is 1.80 bits per heavy atom. The first-order chi connectivity index (χ1) is 11.8. The molecule has 1 aromatic carbocycles. The van der Waals surface area contributed by atoms with Crippen molar-refractivity contribution >= 4 is 23.2 Å². The molecule has 0 aliphatic rings. The maximum atomic E-state index is 14.4. The number of aromatic nitrogens is 4. The van der Waals surface area contributed by atoms with E-state index in [9.17, 15) is 13.2 Å². The standard InChI is InChI=1S/C16H15ClF3N5/c1-4-24(8(2)3)15-13(12-10(19)5-9(18)6-11(12)20)14(17)23-16-21-7-22-25(15)16/h5-8H,4H2,1-3H3. The topological polar surface area (TPSA) is 46.3 Å². The molecule has 0 amide bonds. The fourth-order valence-corrected chi connectivity index (χ4v) is 3.08. The van der Waals surface area contributed by atoms with E-state index in [1.807, 2.05) is 25.7 Å². The van der Waals surface area contributed by atoms with Gasteiger partial charge in [-0.25, -0.2) is 13.2 Å². The molecule has 0 spiro atoms. The first-order valence-corrected chi connectivity index (χ1v) is 8.03. The molecule has 0 N–H and O–H groups in total. The van der Waals surface area contributed by atoms with E-state index in [2.05, 4.69) is 15.1 Å². The SMILES string of the molecule is CCN(c1c(-c2c(F)cc(F)cc2F)c(Cl)nc2ncnn12)C(C)C. The summed E-state index contributed by atoms with van der Waals surface area (Å²) >= 11 is 6.24. The molecule has 0 aliphatic carbocycles. The molecular weight excluding hydrogens is 355 g/mol. The van der Waals surface area contributed by atoms with Crippen LogP contribution in [0.5, 0.6) is 0 Å². The van der Waals surface area contributed by atoms with Crippen LogP contribution in [-0.4, -0.2) is 32.2 Å². The lowest BCUT2D eigenvalue weighted by molar-refractivity contribution is 0.547. The number of hydrogen-bond donors (Lipinski definition) is 0. The van der Waals surface area contributed by atoms with Crippen molar-refractivity contribution < 1.29 is 13.2 Å². The maximum absolute atomic E-state index is 14.4. The van der Waals surface area contributed by atoms with Gasteiger partial charge in [0.2, 0.25) is 0 Å². The zero-order valence-electron chi connectivity index (χ0n) is 13.8. The van der Waals surface area contributed by atoms with Crippen molar-refractivity contribution in [1.29, 1.82) is 0 Å². The fourth-order valence-electron chi connectivity index (χ4n) is 2.82. The Hall–Kier alpha value is -2.35. The normalized spacial score (nSPS) is 11.5. The van der Waals surface area contributed by atoms with E-state index in [4.69, 9.17) is 11.6 Å². The highest BCUT2D eigenvalue weighted by Crippen LogP contribution is 2.39. The summed E-state index contributed by atoms with van der Waals surface area (Å²) in [4.78, 5) is 9.90. The number of halogens is 4. The van der Waals surface area contributed by atoms with Crippen molar-refractivity contribution in [2.24, 2.45) is 0 Å². The van der Waals surface area contributed by atoms with Gasteiger partial charge in [-0.3, -0.25) is 0 Å². The van der Waals surface area contributed by atoms with Gasteiger partial charge in [-0.2, -0.15) is 19.6 Å². The molecule has 5 nitrogen and oxygen atoms in total. The molecule has 0 fully saturated rings. The molecule has 0 saturated heterocycles. The molecule has 0 bridgehead atoms. The summed E-state index contributed by atoms with van der Waals surface area (Å²) in [6, 6.07) is 1.19. The third-order valence-corrected chi connectivity index (χ3v) is 4.12. The van der Waals surface area contributed by atoms with Gasteiger partial charge in [-0.15, -0.1) is 0 Å². The third kappa shape index (κ3) is 2.90. The van der Waals surface area contributed by atoms with Crippen molar-refractivity contribution in [3.8, 4) is 11.1 Å². The van der Waals surface area contributed by atoms with Gasteiger partial charge in [-0.1, -0.05) is 11.6 Å². The summed E-state index contributed by atoms with van der Waals surface area (Å²) in [6.07, 6.45) is 1.28. The molecule has 3 rings (SSSR count). The zero-order chi connectivity index (χ0) is 18.3. The summed E-state index contributed by atoms with van der Waals surface area (Å²) in [6.45, 7) is 6.24. The Kier molecular flexibility index (Phi) is 4.55. The smallest absolute Gasteiger partial charge is 0.255 e. The van der Waals surface area contributed by atoms with Gasteiger partial charge in [0.1, 0.15) is 34.7 Å². The van der Waals surface area contributed by atoms with Crippen LogP contribution in [0.1, 0.15) is 20.8 Å². The zero-order valence-corrected chi connectivity index (χ0v) is 14.5. The van der Waals surface area contributed by atoms with Crippen molar-refractivity contribution in [3.05, 3.63) is 41.1 Å². The number of fused-ring (bicyclic) bond motifs is 1. The second-order valence-electron chi connectivity index (χ2n) is 5.70. The van der Waals surface area contributed by atoms with Crippen LogP contribution in [0.25, 0.3) is 16.9 Å². The van der Waals surface area contributed by atoms with E-state index < -0.39 is 23.0 Å². The third-order valence-electron chi connectivity index (χ3n) is 3.85. The molecule has 2 heterocycles. The van der Waals surface area contributed by atoms with Crippen LogP contribution < -0.4 is 4.90 Å². The molecule has 0 saturated carbocycles. The van der Waals surface area contributed by atoms with Crippen LogP contribution in [-0.2, 0) is 0 Å². The van der Waals surface area contributed by atoms with E-state index in [1.54, 1.807) is 0 Å². The average Bonchev–Trinajstić information content (AvgIpc) is 2.96. The molecule has 25 heavy (non-hydrogen) atoms. The lowest BCUT2D eigenvalue weighted by Crippen LogP contribution is -2.33. The number of rotatable bonds is 4. The van der Waals surface area contributed by atoms with Gasteiger partial charge in [0.15, 0.2) is 0 Å². The van der Waals surface area contributed by atoms with Crippen LogP contribution in [0, 0.1) is 17.5 Å². The molecule has 3 aromatic rings. The fraction of sp³-hybridized carbons (Fsp3) is 0.312. The Bertz CT molecular complexity index is 918. The minimum atomic E-state index is -1.07. The van der Waals surface area contributed by atoms with Crippen molar-refractivity contribution in [2.75, 3.05) is 11.4 Å². The van der Waals surface area contributed by atoms with E-state index in [0.717, 1.165) is 0 Å². The van der Waals surface area contributed by atoms with Gasteiger partial charge in [-0.05, 0) is 20.8 Å². The van der Waals surface area contributed by atoms with Gasteiger partial charge < -0.3 is 4.90 Å². The maximum Gasteiger partial charge on any atom is 0.255 e.